The Kier molecular flexibility index (Phi) is 9.73. The van der Waals surface area contributed by atoms with E-state index in [2.05, 4.69) is 15.1 Å². The summed E-state index contributed by atoms with van der Waals surface area (Å²) in [5, 5.41) is 3.05. The molecule has 1 atom stereocenters. The monoisotopic (exact) mass is 713 g/mol. The van der Waals surface area contributed by atoms with E-state index in [4.69, 9.17) is 9.15 Å². The van der Waals surface area contributed by atoms with E-state index in [0.717, 1.165) is 73.9 Å². The number of carbonyl (C=O) groups excluding carboxylic acids is 3. The van der Waals surface area contributed by atoms with Gasteiger partial charge in [0.05, 0.1) is 5.52 Å². The topological polar surface area (TPSA) is 124 Å². The number of urea groups is 1. The number of nitrogens with zero attached hydrogens (tertiary/aromatic N) is 6. The number of rotatable bonds is 7. The number of piperazine rings is 1. The molecule has 3 aromatic rings. The quantitative estimate of drug-likeness (QED) is 0.393. The fraction of sp³-hybridized carbons (Fsp3) is 0.590. The molecule has 1 N–H and O–H groups in total. The van der Waals surface area contributed by atoms with Gasteiger partial charge in [-0.1, -0.05) is 24.3 Å². The third-order valence-electron chi connectivity index (χ3n) is 12.1. The number of benzene rings is 2. The van der Waals surface area contributed by atoms with Crippen LogP contribution in [0.4, 0.5) is 15.3 Å². The van der Waals surface area contributed by atoms with Crippen LogP contribution in [0.1, 0.15) is 55.2 Å². The minimum absolute atomic E-state index is 0.00370. The summed E-state index contributed by atoms with van der Waals surface area (Å²) in [5.74, 6) is -0.634. The van der Waals surface area contributed by atoms with E-state index >= 15 is 0 Å². The van der Waals surface area contributed by atoms with Crippen LogP contribution in [0.3, 0.4) is 0 Å². The molecule has 0 unspecified atom stereocenters. The number of likely N-dealkylation sites (tertiary alicyclic amines) is 2. The zero-order chi connectivity index (χ0) is 35.9. The van der Waals surface area contributed by atoms with Crippen molar-refractivity contribution in [3.63, 3.8) is 0 Å². The lowest BCUT2D eigenvalue weighted by molar-refractivity contribution is -0.142. The van der Waals surface area contributed by atoms with E-state index in [1.165, 1.54) is 17.4 Å². The zero-order valence-electron chi connectivity index (χ0n) is 30.4. The molecule has 278 valence electrons. The zero-order valence-corrected chi connectivity index (χ0v) is 30.4. The molecule has 5 heterocycles. The second-order valence-corrected chi connectivity index (χ2v) is 15.4. The number of carbonyl (C=O) groups is 3. The summed E-state index contributed by atoms with van der Waals surface area (Å²) >= 11 is 0. The third-order valence-corrected chi connectivity index (χ3v) is 12.1. The number of amides is 4. The maximum absolute atomic E-state index is 14.2. The van der Waals surface area contributed by atoms with Crippen molar-refractivity contribution in [1.82, 2.24) is 29.1 Å². The van der Waals surface area contributed by atoms with Gasteiger partial charge >= 0.3 is 17.9 Å². The van der Waals surface area contributed by atoms with Crippen LogP contribution in [0.15, 0.2) is 45.6 Å². The number of piperidine rings is 2. The van der Waals surface area contributed by atoms with E-state index in [1.54, 1.807) is 18.0 Å². The second kappa shape index (κ2) is 14.6. The van der Waals surface area contributed by atoms with E-state index in [1.807, 2.05) is 47.1 Å². The summed E-state index contributed by atoms with van der Waals surface area (Å²) in [6.45, 7) is 9.06. The highest BCUT2D eigenvalue weighted by Crippen LogP contribution is 2.30. The van der Waals surface area contributed by atoms with E-state index < -0.39 is 18.0 Å². The molecule has 13 heteroatoms. The van der Waals surface area contributed by atoms with Crippen molar-refractivity contribution < 1.29 is 23.5 Å². The van der Waals surface area contributed by atoms with Crippen molar-refractivity contribution in [2.75, 3.05) is 64.2 Å². The van der Waals surface area contributed by atoms with Gasteiger partial charge in [-0.15, -0.1) is 0 Å². The van der Waals surface area contributed by atoms with Gasteiger partial charge in [0, 0.05) is 96.2 Å². The first-order valence-electron chi connectivity index (χ1n) is 19.2. The fourth-order valence-corrected chi connectivity index (χ4v) is 8.95. The summed E-state index contributed by atoms with van der Waals surface area (Å²) in [7, 11) is 1.67. The summed E-state index contributed by atoms with van der Waals surface area (Å²) in [4.78, 5) is 64.1. The van der Waals surface area contributed by atoms with Crippen molar-refractivity contribution in [2.24, 2.45) is 7.05 Å². The van der Waals surface area contributed by atoms with Crippen molar-refractivity contribution >= 4 is 34.8 Å². The minimum atomic E-state index is -1.02. The average molecular weight is 714 g/mol. The largest absolute Gasteiger partial charge is 0.436 e. The van der Waals surface area contributed by atoms with E-state index in [0.29, 0.717) is 62.7 Å². The number of fused-ring (bicyclic) bond motifs is 2. The van der Waals surface area contributed by atoms with Gasteiger partial charge in [-0.3, -0.25) is 19.2 Å². The average Bonchev–Trinajstić information content (AvgIpc) is 3.98. The number of hydrogen-bond acceptors (Lipinski definition) is 8. The lowest BCUT2D eigenvalue weighted by atomic mass is 9.99. The van der Waals surface area contributed by atoms with Crippen LogP contribution in [0.25, 0.3) is 11.1 Å². The van der Waals surface area contributed by atoms with Gasteiger partial charge < -0.3 is 29.2 Å². The molecule has 4 aliphatic heterocycles. The lowest BCUT2D eigenvalue weighted by Crippen LogP contribution is -2.55. The molecule has 1 saturated carbocycles. The molecule has 8 rings (SSSR count). The van der Waals surface area contributed by atoms with Crippen LogP contribution in [-0.2, 0) is 29.4 Å². The fourth-order valence-electron chi connectivity index (χ4n) is 8.95. The molecule has 1 aliphatic carbocycles. The van der Waals surface area contributed by atoms with E-state index in [-0.39, 0.29) is 24.4 Å². The smallest absolute Gasteiger partial charge is 0.419 e. The van der Waals surface area contributed by atoms with Crippen LogP contribution in [-0.4, -0.2) is 130 Å². The highest BCUT2D eigenvalue weighted by molar-refractivity contribution is 5.91. The molecule has 0 bridgehead atoms. The summed E-state index contributed by atoms with van der Waals surface area (Å²) in [6, 6.07) is 12.8. The molecule has 4 fully saturated rings. The van der Waals surface area contributed by atoms with Gasteiger partial charge in [0.15, 0.2) is 11.7 Å². The number of aryl methyl sites for hydroxylation is 2. The molecule has 4 amide bonds. The molecule has 5 aliphatic rings. The maximum atomic E-state index is 14.2. The number of hydrogen-bond donors (Lipinski definition) is 1. The summed E-state index contributed by atoms with van der Waals surface area (Å²) < 4.78 is 13.1. The standard InChI is InChI=1S/C39H51N7O6/c1-26-23-27(24-33-35(26)41(2)38(49)51-33)25-34(36(47)44-14-10-30(11-15-44)43-21-19-42(20-22-43)29-7-8-29)52-39(50)45-16-12-31(13-17-45)46-18-9-28-5-3-4-6-32(28)40-37(46)48/h3-6,23-24,29-31,34H,7-22,25H2,1-2H3,(H,40,48)/t34-/m1/s1. The number of para-hydroxylation sites is 1. The lowest BCUT2D eigenvalue weighted by Gasteiger charge is -2.43. The van der Waals surface area contributed by atoms with Gasteiger partial charge in [0.25, 0.3) is 5.91 Å². The van der Waals surface area contributed by atoms with E-state index in [9.17, 15) is 19.2 Å². The Morgan fingerprint density at radius 1 is 0.827 bits per heavy atom. The Morgan fingerprint density at radius 2 is 1.46 bits per heavy atom. The van der Waals surface area contributed by atoms with Gasteiger partial charge in [-0.25, -0.2) is 14.4 Å². The molecular weight excluding hydrogens is 662 g/mol. The number of nitrogens with one attached hydrogen (secondary N) is 1. The number of aromatic nitrogens is 1. The molecule has 0 spiro atoms. The molecule has 0 radical (unpaired) electrons. The third kappa shape index (κ3) is 7.17. The van der Waals surface area contributed by atoms with Crippen molar-refractivity contribution in [3.8, 4) is 0 Å². The predicted molar refractivity (Wildman–Crippen MR) is 196 cm³/mol. The summed E-state index contributed by atoms with van der Waals surface area (Å²) in [5.41, 5.74) is 4.74. The Hall–Kier alpha value is -4.36. The Morgan fingerprint density at radius 3 is 2.15 bits per heavy atom. The Bertz CT molecular complexity index is 1860. The molecule has 52 heavy (non-hydrogen) atoms. The van der Waals surface area contributed by atoms with Crippen LogP contribution < -0.4 is 11.1 Å². The predicted octanol–water partition coefficient (Wildman–Crippen LogP) is 3.81. The van der Waals surface area contributed by atoms with Crippen LogP contribution in [0.5, 0.6) is 0 Å². The first-order chi connectivity index (χ1) is 25.2. The van der Waals surface area contributed by atoms with Gasteiger partial charge in [0.2, 0.25) is 0 Å². The first-order valence-corrected chi connectivity index (χ1v) is 19.2. The van der Waals surface area contributed by atoms with Crippen molar-refractivity contribution in [3.05, 3.63) is 63.6 Å². The van der Waals surface area contributed by atoms with Crippen LogP contribution >= 0.6 is 0 Å². The molecular formula is C39H51N7O6. The van der Waals surface area contributed by atoms with Gasteiger partial charge in [-0.05, 0) is 80.7 Å². The van der Waals surface area contributed by atoms with Gasteiger partial charge in [0.1, 0.15) is 0 Å². The summed E-state index contributed by atoms with van der Waals surface area (Å²) in [6.07, 6.45) is 5.14. The van der Waals surface area contributed by atoms with Crippen molar-refractivity contribution in [2.45, 2.75) is 82.5 Å². The molecule has 2 aromatic carbocycles. The highest BCUT2D eigenvalue weighted by Gasteiger charge is 2.38. The normalized spacial score (nSPS) is 21.9. The molecule has 3 saturated heterocycles. The number of anilines is 1. The number of ether oxygens (including phenoxy) is 1. The van der Waals surface area contributed by atoms with Crippen molar-refractivity contribution in [1.29, 1.82) is 0 Å². The Labute approximate surface area is 304 Å². The second-order valence-electron chi connectivity index (χ2n) is 15.4. The van der Waals surface area contributed by atoms with Crippen LogP contribution in [0, 0.1) is 6.92 Å². The minimum Gasteiger partial charge on any atom is -0.436 e. The van der Waals surface area contributed by atoms with Gasteiger partial charge in [-0.2, -0.15) is 0 Å². The first kappa shape index (κ1) is 34.7. The Balaban J connectivity index is 0.922. The highest BCUT2D eigenvalue weighted by atomic mass is 16.6. The SMILES string of the molecule is Cc1cc(C[C@@H](OC(=O)N2CCC(N3CCc4ccccc4NC3=O)CC2)C(=O)N2CCC(N3CCN(C4CC4)CC3)CC2)cc2oc(=O)n(C)c12. The number of oxazole rings is 1. The van der Waals surface area contributed by atoms with Crippen LogP contribution in [0.2, 0.25) is 0 Å². The maximum Gasteiger partial charge on any atom is 0.419 e. The molecule has 13 nitrogen and oxygen atoms in total. The molecule has 1 aromatic heterocycles.